The lowest BCUT2D eigenvalue weighted by Crippen LogP contribution is -2.22. The third-order valence-corrected chi connectivity index (χ3v) is 2.00. The van der Waals surface area contributed by atoms with E-state index in [2.05, 4.69) is 43.6 Å². The molecule has 0 heterocycles. The van der Waals surface area contributed by atoms with Crippen LogP contribution in [0.3, 0.4) is 0 Å². The molecule has 0 rings (SSSR count). The number of rotatable bonds is 6. The Kier molecular flexibility index (Phi) is 6.20. The molecule has 0 aliphatic rings. The number of alkyl halides is 1. The van der Waals surface area contributed by atoms with Crippen LogP contribution in [0.1, 0.15) is 40.5 Å². The molecule has 0 amide bonds. The first kappa shape index (κ1) is 12.4. The minimum Gasteiger partial charge on any atom is -0.381 e. The lowest BCUT2D eigenvalue weighted by Gasteiger charge is -2.25. The monoisotopic (exact) mass is 236 g/mol. The van der Waals surface area contributed by atoms with Gasteiger partial charge in [0.15, 0.2) is 0 Å². The predicted octanol–water partition coefficient (Wildman–Crippen LogP) is 3.61. The first-order valence-electron chi connectivity index (χ1n) is 4.70. The van der Waals surface area contributed by atoms with Gasteiger partial charge in [0.25, 0.3) is 0 Å². The van der Waals surface area contributed by atoms with Gasteiger partial charge in [0.1, 0.15) is 0 Å². The predicted molar refractivity (Wildman–Crippen MR) is 57.9 cm³/mol. The van der Waals surface area contributed by atoms with E-state index in [-0.39, 0.29) is 0 Å². The Hall–Kier alpha value is 0.440. The number of ether oxygens (including phenoxy) is 1. The molecule has 1 nitrogen and oxygen atoms in total. The highest BCUT2D eigenvalue weighted by molar-refractivity contribution is 9.09. The lowest BCUT2D eigenvalue weighted by molar-refractivity contribution is 0.0588. The second-order valence-electron chi connectivity index (χ2n) is 4.20. The summed E-state index contributed by atoms with van der Waals surface area (Å²) in [7, 11) is 0. The van der Waals surface area contributed by atoms with Crippen LogP contribution >= 0.6 is 15.9 Å². The van der Waals surface area contributed by atoms with Crippen molar-refractivity contribution in [1.29, 1.82) is 0 Å². The van der Waals surface area contributed by atoms with Gasteiger partial charge in [-0.2, -0.15) is 0 Å². The normalized spacial score (nSPS) is 14.8. The minimum atomic E-state index is 0.304. The molecular formula is C10H21BrO. The summed E-state index contributed by atoms with van der Waals surface area (Å²) in [6, 6.07) is 0. The Morgan fingerprint density at radius 3 is 2.42 bits per heavy atom. The molecule has 1 atom stereocenters. The molecule has 0 bridgehead atoms. The lowest BCUT2D eigenvalue weighted by atomic mass is 9.89. The zero-order chi connectivity index (χ0) is 9.61. The third-order valence-electron chi connectivity index (χ3n) is 1.68. The molecule has 0 fully saturated rings. The maximum Gasteiger partial charge on any atom is 0.0517 e. The minimum absolute atomic E-state index is 0.304. The smallest absolute Gasteiger partial charge is 0.0517 e. The summed E-state index contributed by atoms with van der Waals surface area (Å²) in [4.78, 5) is 0.581. The van der Waals surface area contributed by atoms with Crippen molar-refractivity contribution in [3.8, 4) is 0 Å². The topological polar surface area (TPSA) is 9.23 Å². The van der Waals surface area contributed by atoms with Gasteiger partial charge in [-0.25, -0.2) is 0 Å². The van der Waals surface area contributed by atoms with E-state index < -0.39 is 0 Å². The van der Waals surface area contributed by atoms with Gasteiger partial charge in [0.05, 0.1) is 6.61 Å². The molecule has 0 saturated heterocycles. The summed E-state index contributed by atoms with van der Waals surface area (Å²) in [6.07, 6.45) is 2.27. The molecule has 0 aromatic heterocycles. The van der Waals surface area contributed by atoms with Crippen LogP contribution in [0.5, 0.6) is 0 Å². The van der Waals surface area contributed by atoms with Crippen LogP contribution in [0.4, 0.5) is 0 Å². The number of halogens is 1. The zero-order valence-corrected chi connectivity index (χ0v) is 10.3. The van der Waals surface area contributed by atoms with E-state index in [9.17, 15) is 0 Å². The maximum absolute atomic E-state index is 5.53. The fourth-order valence-electron chi connectivity index (χ4n) is 1.31. The van der Waals surface area contributed by atoms with E-state index >= 15 is 0 Å². The third kappa shape index (κ3) is 7.11. The molecular weight excluding hydrogens is 216 g/mol. The average Bonchev–Trinajstić information content (AvgIpc) is 1.84. The Morgan fingerprint density at radius 2 is 2.00 bits per heavy atom. The molecule has 0 aromatic rings. The van der Waals surface area contributed by atoms with E-state index in [4.69, 9.17) is 4.74 Å². The van der Waals surface area contributed by atoms with Gasteiger partial charge >= 0.3 is 0 Å². The van der Waals surface area contributed by atoms with Crippen LogP contribution in [0.15, 0.2) is 0 Å². The SMILES string of the molecule is CCCOCC(C)(C)CC(C)Br. The van der Waals surface area contributed by atoms with Crippen molar-refractivity contribution in [2.24, 2.45) is 5.41 Å². The highest BCUT2D eigenvalue weighted by Crippen LogP contribution is 2.25. The van der Waals surface area contributed by atoms with E-state index in [1.807, 2.05) is 0 Å². The molecule has 2 heteroatoms. The summed E-state index contributed by atoms with van der Waals surface area (Å²) >= 11 is 3.56. The average molecular weight is 237 g/mol. The Balaban J connectivity index is 3.56. The Bertz CT molecular complexity index is 110. The van der Waals surface area contributed by atoms with E-state index in [1.165, 1.54) is 0 Å². The largest absolute Gasteiger partial charge is 0.381 e. The van der Waals surface area contributed by atoms with Gasteiger partial charge in [0, 0.05) is 11.4 Å². The Morgan fingerprint density at radius 1 is 1.42 bits per heavy atom. The quantitative estimate of drug-likeness (QED) is 0.506. The second kappa shape index (κ2) is 5.98. The molecule has 74 valence electrons. The van der Waals surface area contributed by atoms with Crippen LogP contribution < -0.4 is 0 Å². The van der Waals surface area contributed by atoms with Crippen LogP contribution in [0.2, 0.25) is 0 Å². The molecule has 0 aliphatic carbocycles. The van der Waals surface area contributed by atoms with Crippen molar-refractivity contribution in [2.45, 2.75) is 45.4 Å². The molecule has 0 spiro atoms. The van der Waals surface area contributed by atoms with Crippen molar-refractivity contribution >= 4 is 15.9 Å². The Labute approximate surface area is 85.0 Å². The fraction of sp³-hybridized carbons (Fsp3) is 1.00. The molecule has 0 aliphatic heterocycles. The highest BCUT2D eigenvalue weighted by atomic mass is 79.9. The van der Waals surface area contributed by atoms with Crippen molar-refractivity contribution in [1.82, 2.24) is 0 Å². The molecule has 0 N–H and O–H groups in total. The molecule has 0 saturated carbocycles. The number of hydrogen-bond donors (Lipinski definition) is 0. The number of hydrogen-bond acceptors (Lipinski definition) is 1. The van der Waals surface area contributed by atoms with Gasteiger partial charge in [-0.15, -0.1) is 0 Å². The van der Waals surface area contributed by atoms with Gasteiger partial charge in [-0.3, -0.25) is 0 Å². The summed E-state index contributed by atoms with van der Waals surface area (Å²) in [6.45, 7) is 10.6. The van der Waals surface area contributed by atoms with E-state index in [0.717, 1.165) is 26.1 Å². The zero-order valence-electron chi connectivity index (χ0n) is 8.69. The molecule has 1 unspecified atom stereocenters. The first-order valence-corrected chi connectivity index (χ1v) is 5.61. The van der Waals surface area contributed by atoms with E-state index in [1.54, 1.807) is 0 Å². The summed E-state index contributed by atoms with van der Waals surface area (Å²) in [5.41, 5.74) is 0.304. The first-order chi connectivity index (χ1) is 5.48. The summed E-state index contributed by atoms with van der Waals surface area (Å²) in [5, 5.41) is 0. The van der Waals surface area contributed by atoms with Gasteiger partial charge in [0.2, 0.25) is 0 Å². The van der Waals surface area contributed by atoms with Crippen LogP contribution in [-0.4, -0.2) is 18.0 Å². The standard InChI is InChI=1S/C10H21BrO/c1-5-6-12-8-10(3,4)7-9(2)11/h9H,5-8H2,1-4H3. The van der Waals surface area contributed by atoms with Crippen LogP contribution in [-0.2, 0) is 4.74 Å². The van der Waals surface area contributed by atoms with Crippen molar-refractivity contribution in [2.75, 3.05) is 13.2 Å². The van der Waals surface area contributed by atoms with Gasteiger partial charge in [-0.1, -0.05) is 43.6 Å². The molecule has 0 radical (unpaired) electrons. The molecule has 0 aromatic carbocycles. The van der Waals surface area contributed by atoms with E-state index in [0.29, 0.717) is 10.2 Å². The highest BCUT2D eigenvalue weighted by Gasteiger charge is 2.19. The van der Waals surface area contributed by atoms with Crippen LogP contribution in [0.25, 0.3) is 0 Å². The van der Waals surface area contributed by atoms with Crippen molar-refractivity contribution in [3.05, 3.63) is 0 Å². The van der Waals surface area contributed by atoms with Crippen molar-refractivity contribution < 1.29 is 4.74 Å². The molecule has 12 heavy (non-hydrogen) atoms. The van der Waals surface area contributed by atoms with Gasteiger partial charge in [-0.05, 0) is 18.3 Å². The second-order valence-corrected chi connectivity index (χ2v) is 5.76. The summed E-state index contributed by atoms with van der Waals surface area (Å²) < 4.78 is 5.53. The maximum atomic E-state index is 5.53. The fourth-order valence-corrected chi connectivity index (χ4v) is 2.19. The van der Waals surface area contributed by atoms with Gasteiger partial charge < -0.3 is 4.74 Å². The summed E-state index contributed by atoms with van der Waals surface area (Å²) in [5.74, 6) is 0. The van der Waals surface area contributed by atoms with Crippen molar-refractivity contribution in [3.63, 3.8) is 0 Å². The van der Waals surface area contributed by atoms with Crippen LogP contribution in [0, 0.1) is 5.41 Å².